The Hall–Kier alpha value is 0.310. The van der Waals surface area contributed by atoms with E-state index in [0.717, 1.165) is 0 Å². The molecule has 0 amide bonds. The largest absolute Gasteiger partial charge is 0.395 e. The van der Waals surface area contributed by atoms with Gasteiger partial charge in [-0.15, -0.1) is 0 Å². The number of hydrogen-bond donors (Lipinski definition) is 1. The van der Waals surface area contributed by atoms with Gasteiger partial charge in [0.1, 0.15) is 0 Å². The Balaban J connectivity index is 3.35. The predicted octanol–water partition coefficient (Wildman–Crippen LogP) is 1.37. The molecular formula is C6H14OS. The molecule has 0 radical (unpaired) electrons. The Morgan fingerprint density at radius 2 is 2.00 bits per heavy atom. The predicted molar refractivity (Wildman–Crippen MR) is 39.2 cm³/mol. The lowest BCUT2D eigenvalue weighted by atomic mass is 10.1. The summed E-state index contributed by atoms with van der Waals surface area (Å²) >= 11 is 1.73. The molecule has 0 rings (SSSR count). The van der Waals surface area contributed by atoms with E-state index in [-0.39, 0.29) is 0 Å². The second-order valence-electron chi connectivity index (χ2n) is 2.20. The molecule has 0 aromatic heterocycles. The fraction of sp³-hybridized carbons (Fsp3) is 1.00. The topological polar surface area (TPSA) is 20.2 Å². The SMILES string of the molecule is CSC(CO)C(C)C. The van der Waals surface area contributed by atoms with Crippen molar-refractivity contribution in [3.63, 3.8) is 0 Å². The van der Waals surface area contributed by atoms with E-state index in [1.165, 1.54) is 0 Å². The molecule has 0 aromatic rings. The van der Waals surface area contributed by atoms with Crippen LogP contribution < -0.4 is 0 Å². The molecule has 0 aliphatic rings. The lowest BCUT2D eigenvalue weighted by molar-refractivity contribution is 0.275. The Morgan fingerprint density at radius 3 is 2.00 bits per heavy atom. The summed E-state index contributed by atoms with van der Waals surface area (Å²) < 4.78 is 0. The molecule has 1 N–H and O–H groups in total. The second-order valence-corrected chi connectivity index (χ2v) is 3.28. The van der Waals surface area contributed by atoms with Gasteiger partial charge in [0.15, 0.2) is 0 Å². The average Bonchev–Trinajstić information content (AvgIpc) is 1.69. The Labute approximate surface area is 55.5 Å². The first-order valence-corrected chi connectivity index (χ1v) is 4.14. The van der Waals surface area contributed by atoms with Gasteiger partial charge in [-0.2, -0.15) is 11.8 Å². The standard InChI is InChI=1S/C6H14OS/c1-5(2)6(4-7)8-3/h5-7H,4H2,1-3H3. The Morgan fingerprint density at radius 1 is 1.50 bits per heavy atom. The zero-order valence-corrected chi connectivity index (χ0v) is 6.53. The van der Waals surface area contributed by atoms with Crippen LogP contribution in [0.5, 0.6) is 0 Å². The minimum absolute atomic E-state index is 0.304. The molecule has 50 valence electrons. The maximum absolute atomic E-state index is 8.68. The minimum atomic E-state index is 0.304. The molecule has 0 aliphatic heterocycles. The van der Waals surface area contributed by atoms with Crippen molar-refractivity contribution in [2.75, 3.05) is 12.9 Å². The average molecular weight is 134 g/mol. The maximum Gasteiger partial charge on any atom is 0.0552 e. The Bertz CT molecular complexity index is 50.5. The monoisotopic (exact) mass is 134 g/mol. The molecule has 1 nitrogen and oxygen atoms in total. The Kier molecular flexibility index (Phi) is 4.38. The van der Waals surface area contributed by atoms with Gasteiger partial charge in [0.05, 0.1) is 6.61 Å². The summed E-state index contributed by atoms with van der Waals surface area (Å²) in [5, 5.41) is 9.10. The zero-order valence-electron chi connectivity index (χ0n) is 5.72. The third-order valence-corrected chi connectivity index (χ3v) is 2.53. The molecule has 0 saturated carbocycles. The van der Waals surface area contributed by atoms with Crippen LogP contribution >= 0.6 is 11.8 Å². The smallest absolute Gasteiger partial charge is 0.0552 e. The second kappa shape index (κ2) is 4.21. The van der Waals surface area contributed by atoms with Crippen molar-refractivity contribution in [1.29, 1.82) is 0 Å². The van der Waals surface area contributed by atoms with Gasteiger partial charge in [0.2, 0.25) is 0 Å². The lowest BCUT2D eigenvalue weighted by Crippen LogP contribution is -2.14. The van der Waals surface area contributed by atoms with Crippen LogP contribution in [0.1, 0.15) is 13.8 Å². The van der Waals surface area contributed by atoms with Crippen LogP contribution in [0.15, 0.2) is 0 Å². The molecule has 1 unspecified atom stereocenters. The van der Waals surface area contributed by atoms with Crippen LogP contribution in [0.25, 0.3) is 0 Å². The molecular weight excluding hydrogens is 120 g/mol. The molecule has 0 heterocycles. The number of aliphatic hydroxyl groups is 1. The number of thioether (sulfide) groups is 1. The molecule has 0 bridgehead atoms. The van der Waals surface area contributed by atoms with Gasteiger partial charge in [0, 0.05) is 5.25 Å². The van der Waals surface area contributed by atoms with E-state index in [4.69, 9.17) is 5.11 Å². The van der Waals surface area contributed by atoms with E-state index in [0.29, 0.717) is 17.8 Å². The molecule has 2 heteroatoms. The van der Waals surface area contributed by atoms with E-state index in [2.05, 4.69) is 13.8 Å². The van der Waals surface area contributed by atoms with Crippen molar-refractivity contribution in [3.8, 4) is 0 Å². The molecule has 0 saturated heterocycles. The number of hydrogen-bond acceptors (Lipinski definition) is 2. The van der Waals surface area contributed by atoms with Crippen molar-refractivity contribution in [3.05, 3.63) is 0 Å². The molecule has 0 aliphatic carbocycles. The van der Waals surface area contributed by atoms with Gasteiger partial charge in [-0.25, -0.2) is 0 Å². The molecule has 0 aromatic carbocycles. The van der Waals surface area contributed by atoms with Crippen molar-refractivity contribution in [2.45, 2.75) is 19.1 Å². The van der Waals surface area contributed by atoms with Crippen LogP contribution in [-0.4, -0.2) is 23.2 Å². The minimum Gasteiger partial charge on any atom is -0.395 e. The van der Waals surface area contributed by atoms with E-state index in [9.17, 15) is 0 Å². The summed E-state index contributed by atoms with van der Waals surface area (Å²) in [6.45, 7) is 4.55. The van der Waals surface area contributed by atoms with Gasteiger partial charge in [0.25, 0.3) is 0 Å². The highest BCUT2D eigenvalue weighted by Gasteiger charge is 2.08. The highest BCUT2D eigenvalue weighted by molar-refractivity contribution is 7.99. The van der Waals surface area contributed by atoms with Gasteiger partial charge in [-0.1, -0.05) is 13.8 Å². The van der Waals surface area contributed by atoms with E-state index in [1.54, 1.807) is 11.8 Å². The molecule has 1 atom stereocenters. The number of rotatable bonds is 3. The highest BCUT2D eigenvalue weighted by atomic mass is 32.2. The van der Waals surface area contributed by atoms with Crippen LogP contribution in [0.4, 0.5) is 0 Å². The summed E-state index contributed by atoms with van der Waals surface area (Å²) in [5.41, 5.74) is 0. The fourth-order valence-electron chi connectivity index (χ4n) is 0.558. The maximum atomic E-state index is 8.68. The normalized spacial score (nSPS) is 14.6. The fourth-order valence-corrected chi connectivity index (χ4v) is 1.25. The molecule has 0 fully saturated rings. The highest BCUT2D eigenvalue weighted by Crippen LogP contribution is 2.14. The summed E-state index contributed by atoms with van der Waals surface area (Å²) in [6, 6.07) is 0. The van der Waals surface area contributed by atoms with Gasteiger partial charge < -0.3 is 5.11 Å². The quantitative estimate of drug-likeness (QED) is 0.629. The lowest BCUT2D eigenvalue weighted by Gasteiger charge is -2.13. The van der Waals surface area contributed by atoms with Crippen molar-refractivity contribution >= 4 is 11.8 Å². The third-order valence-electron chi connectivity index (χ3n) is 1.23. The summed E-state index contributed by atoms with van der Waals surface area (Å²) in [5.74, 6) is 0.593. The summed E-state index contributed by atoms with van der Waals surface area (Å²) in [4.78, 5) is 0. The van der Waals surface area contributed by atoms with E-state index in [1.807, 2.05) is 6.26 Å². The zero-order chi connectivity index (χ0) is 6.57. The van der Waals surface area contributed by atoms with Crippen LogP contribution in [0, 0.1) is 5.92 Å². The van der Waals surface area contributed by atoms with Crippen LogP contribution in [-0.2, 0) is 0 Å². The summed E-state index contributed by atoms with van der Waals surface area (Å²) in [6.07, 6.45) is 2.03. The first-order valence-electron chi connectivity index (χ1n) is 2.86. The van der Waals surface area contributed by atoms with Crippen LogP contribution in [0.3, 0.4) is 0 Å². The molecule has 8 heavy (non-hydrogen) atoms. The van der Waals surface area contributed by atoms with E-state index < -0.39 is 0 Å². The van der Waals surface area contributed by atoms with Crippen molar-refractivity contribution < 1.29 is 5.11 Å². The third kappa shape index (κ3) is 2.58. The molecule has 0 spiro atoms. The van der Waals surface area contributed by atoms with Gasteiger partial charge in [-0.05, 0) is 12.2 Å². The van der Waals surface area contributed by atoms with Crippen LogP contribution in [0.2, 0.25) is 0 Å². The van der Waals surface area contributed by atoms with Gasteiger partial charge in [-0.3, -0.25) is 0 Å². The first kappa shape index (κ1) is 8.31. The summed E-state index contributed by atoms with van der Waals surface area (Å²) in [7, 11) is 0. The van der Waals surface area contributed by atoms with E-state index >= 15 is 0 Å². The van der Waals surface area contributed by atoms with Crippen molar-refractivity contribution in [1.82, 2.24) is 0 Å². The first-order chi connectivity index (χ1) is 3.72. The number of aliphatic hydroxyl groups excluding tert-OH is 1. The van der Waals surface area contributed by atoms with Crippen molar-refractivity contribution in [2.24, 2.45) is 5.92 Å². The van der Waals surface area contributed by atoms with Gasteiger partial charge >= 0.3 is 0 Å².